The summed E-state index contributed by atoms with van der Waals surface area (Å²) in [6.45, 7) is 2.78. The van der Waals surface area contributed by atoms with Crippen molar-refractivity contribution in [3.63, 3.8) is 0 Å². The predicted molar refractivity (Wildman–Crippen MR) is 62.0 cm³/mol. The number of hydrazine groups is 1. The minimum Gasteiger partial charge on any atom is -0.374 e. The molecule has 1 saturated carbocycles. The molecular formula is C12H22N2O. The molecule has 0 aromatic carbocycles. The highest BCUT2D eigenvalue weighted by atomic mass is 16.5. The Labute approximate surface area is 92.7 Å². The van der Waals surface area contributed by atoms with Gasteiger partial charge in [0.25, 0.3) is 0 Å². The number of hydrogen-bond donors (Lipinski definition) is 2. The molecule has 1 unspecified atom stereocenters. The lowest BCUT2D eigenvalue weighted by atomic mass is 9.89. The maximum absolute atomic E-state index is 5.93. The molecule has 1 aliphatic rings. The molecule has 0 heterocycles. The first-order chi connectivity index (χ1) is 7.29. The molecule has 86 valence electrons. The zero-order valence-corrected chi connectivity index (χ0v) is 9.59. The molecular weight excluding hydrogens is 188 g/mol. The molecule has 0 aromatic heterocycles. The van der Waals surface area contributed by atoms with E-state index in [4.69, 9.17) is 17.0 Å². The van der Waals surface area contributed by atoms with Crippen molar-refractivity contribution >= 4 is 0 Å². The zero-order valence-electron chi connectivity index (χ0n) is 9.59. The van der Waals surface area contributed by atoms with Crippen molar-refractivity contribution in [3.8, 4) is 12.3 Å². The summed E-state index contributed by atoms with van der Waals surface area (Å²) in [5.74, 6) is 8.27. The van der Waals surface area contributed by atoms with Gasteiger partial charge in [0.15, 0.2) is 0 Å². The van der Waals surface area contributed by atoms with Crippen molar-refractivity contribution < 1.29 is 4.74 Å². The van der Waals surface area contributed by atoms with Gasteiger partial charge < -0.3 is 4.74 Å². The minimum atomic E-state index is -0.0691. The van der Waals surface area contributed by atoms with Crippen LogP contribution in [0.3, 0.4) is 0 Å². The van der Waals surface area contributed by atoms with Gasteiger partial charge in [-0.05, 0) is 26.2 Å². The molecule has 0 aromatic rings. The Hall–Kier alpha value is -0.560. The highest BCUT2D eigenvalue weighted by Gasteiger charge is 2.41. The van der Waals surface area contributed by atoms with Crippen LogP contribution in [0.2, 0.25) is 0 Å². The van der Waals surface area contributed by atoms with Crippen molar-refractivity contribution in [2.75, 3.05) is 6.61 Å². The second kappa shape index (κ2) is 6.12. The first-order valence-electron chi connectivity index (χ1n) is 5.82. The quantitative estimate of drug-likeness (QED) is 0.397. The van der Waals surface area contributed by atoms with Crippen molar-refractivity contribution in [2.45, 2.75) is 57.1 Å². The Morgan fingerprint density at radius 2 is 2.20 bits per heavy atom. The molecule has 0 amide bonds. The highest BCUT2D eigenvalue weighted by molar-refractivity contribution is 4.98. The van der Waals surface area contributed by atoms with Gasteiger partial charge in [0, 0.05) is 13.0 Å². The number of hydrogen-bond acceptors (Lipinski definition) is 3. The van der Waals surface area contributed by atoms with Crippen LogP contribution in [0.25, 0.3) is 0 Å². The number of nitrogens with one attached hydrogen (secondary N) is 1. The molecule has 3 N–H and O–H groups in total. The summed E-state index contributed by atoms with van der Waals surface area (Å²) >= 11 is 0. The summed E-state index contributed by atoms with van der Waals surface area (Å²) in [6.07, 6.45) is 11.6. The summed E-state index contributed by atoms with van der Waals surface area (Å²) in [5.41, 5.74) is 2.81. The van der Waals surface area contributed by atoms with Gasteiger partial charge in [0.2, 0.25) is 0 Å². The van der Waals surface area contributed by atoms with E-state index in [1.165, 1.54) is 12.8 Å². The Morgan fingerprint density at radius 3 is 2.67 bits per heavy atom. The maximum atomic E-state index is 5.93. The van der Waals surface area contributed by atoms with Crippen LogP contribution in [-0.4, -0.2) is 18.2 Å². The van der Waals surface area contributed by atoms with E-state index in [2.05, 4.69) is 11.3 Å². The summed E-state index contributed by atoms with van der Waals surface area (Å²) in [6, 6.07) is 0.191. The van der Waals surface area contributed by atoms with Gasteiger partial charge in [-0.1, -0.05) is 12.8 Å². The topological polar surface area (TPSA) is 47.3 Å². The Balaban J connectivity index is 2.63. The molecule has 0 saturated heterocycles. The van der Waals surface area contributed by atoms with E-state index in [0.717, 1.165) is 32.3 Å². The molecule has 1 fully saturated rings. The molecule has 0 aliphatic heterocycles. The summed E-state index contributed by atoms with van der Waals surface area (Å²) in [7, 11) is 0. The third-order valence-electron chi connectivity index (χ3n) is 3.30. The van der Waals surface area contributed by atoms with Crippen LogP contribution in [0.5, 0.6) is 0 Å². The lowest BCUT2D eigenvalue weighted by Crippen LogP contribution is -2.53. The molecule has 3 heteroatoms. The van der Waals surface area contributed by atoms with Gasteiger partial charge in [-0.15, -0.1) is 12.3 Å². The van der Waals surface area contributed by atoms with Crippen LogP contribution in [0.1, 0.15) is 45.4 Å². The van der Waals surface area contributed by atoms with Gasteiger partial charge in [0.1, 0.15) is 0 Å². The predicted octanol–water partition coefficient (Wildman–Crippen LogP) is 1.58. The summed E-state index contributed by atoms with van der Waals surface area (Å²) in [5, 5.41) is 0. The second-order valence-electron chi connectivity index (χ2n) is 4.17. The van der Waals surface area contributed by atoms with Crippen LogP contribution in [-0.2, 0) is 4.74 Å². The van der Waals surface area contributed by atoms with Crippen LogP contribution >= 0.6 is 0 Å². The van der Waals surface area contributed by atoms with Crippen LogP contribution < -0.4 is 11.3 Å². The average Bonchev–Trinajstić information content (AvgIpc) is 2.69. The molecule has 1 rings (SSSR count). The fraction of sp³-hybridized carbons (Fsp3) is 0.833. The molecule has 0 radical (unpaired) electrons. The molecule has 3 nitrogen and oxygen atoms in total. The Bertz CT molecular complexity index is 216. The number of nitrogens with two attached hydrogens (primary N) is 1. The SMILES string of the molecule is C#CCCC(NN)C1(OCC)CCCC1. The first kappa shape index (κ1) is 12.5. The van der Waals surface area contributed by atoms with E-state index >= 15 is 0 Å². The average molecular weight is 210 g/mol. The molecule has 1 aliphatic carbocycles. The van der Waals surface area contributed by atoms with Gasteiger partial charge >= 0.3 is 0 Å². The van der Waals surface area contributed by atoms with Crippen molar-refractivity contribution in [2.24, 2.45) is 5.84 Å². The van der Waals surface area contributed by atoms with Crippen molar-refractivity contribution in [1.82, 2.24) is 5.43 Å². The van der Waals surface area contributed by atoms with Crippen molar-refractivity contribution in [3.05, 3.63) is 0 Å². The Morgan fingerprint density at radius 1 is 1.53 bits per heavy atom. The largest absolute Gasteiger partial charge is 0.374 e. The minimum absolute atomic E-state index is 0.0691. The van der Waals surface area contributed by atoms with Gasteiger partial charge in [0.05, 0.1) is 11.6 Å². The zero-order chi connectivity index (χ0) is 11.1. The number of terminal acetylenes is 1. The van der Waals surface area contributed by atoms with E-state index in [-0.39, 0.29) is 11.6 Å². The monoisotopic (exact) mass is 210 g/mol. The van der Waals surface area contributed by atoms with E-state index in [9.17, 15) is 0 Å². The number of rotatable bonds is 6. The van der Waals surface area contributed by atoms with Gasteiger partial charge in [-0.2, -0.15) is 0 Å². The van der Waals surface area contributed by atoms with E-state index in [1.54, 1.807) is 0 Å². The van der Waals surface area contributed by atoms with Gasteiger partial charge in [-0.25, -0.2) is 0 Å². The summed E-state index contributed by atoms with van der Waals surface area (Å²) < 4.78 is 5.93. The molecule has 1 atom stereocenters. The fourth-order valence-corrected chi connectivity index (χ4v) is 2.58. The third-order valence-corrected chi connectivity index (χ3v) is 3.30. The molecule has 0 spiro atoms. The lowest BCUT2D eigenvalue weighted by Gasteiger charge is -2.36. The third kappa shape index (κ3) is 2.94. The van der Waals surface area contributed by atoms with E-state index in [1.807, 2.05) is 6.92 Å². The lowest BCUT2D eigenvalue weighted by molar-refractivity contribution is -0.0629. The standard InChI is InChI=1S/C12H22N2O/c1-3-5-8-11(14-13)12(15-4-2)9-6-7-10-12/h1,11,14H,4-10,13H2,2H3. The Kier molecular flexibility index (Phi) is 5.10. The number of ether oxygens (including phenoxy) is 1. The van der Waals surface area contributed by atoms with Gasteiger partial charge in [-0.3, -0.25) is 11.3 Å². The molecule has 0 bridgehead atoms. The van der Waals surface area contributed by atoms with Crippen molar-refractivity contribution in [1.29, 1.82) is 0 Å². The van der Waals surface area contributed by atoms with Crippen LogP contribution in [0, 0.1) is 12.3 Å². The molecule has 15 heavy (non-hydrogen) atoms. The fourth-order valence-electron chi connectivity index (χ4n) is 2.58. The van der Waals surface area contributed by atoms with E-state index in [0.29, 0.717) is 0 Å². The van der Waals surface area contributed by atoms with E-state index < -0.39 is 0 Å². The van der Waals surface area contributed by atoms with Crippen LogP contribution in [0.15, 0.2) is 0 Å². The summed E-state index contributed by atoms with van der Waals surface area (Å²) in [4.78, 5) is 0. The normalized spacial score (nSPS) is 21.1. The smallest absolute Gasteiger partial charge is 0.0848 e. The first-order valence-corrected chi connectivity index (χ1v) is 5.82. The maximum Gasteiger partial charge on any atom is 0.0848 e. The second-order valence-corrected chi connectivity index (χ2v) is 4.17. The van der Waals surface area contributed by atoms with Crippen LogP contribution in [0.4, 0.5) is 0 Å². The highest BCUT2D eigenvalue weighted by Crippen LogP contribution is 2.37.